The summed E-state index contributed by atoms with van der Waals surface area (Å²) in [6.07, 6.45) is 1.93. The minimum atomic E-state index is -0.135. The lowest BCUT2D eigenvalue weighted by atomic mass is 9.99. The number of carbonyl (C=O) groups excluding carboxylic acids is 1. The largest absolute Gasteiger partial charge is 0.497 e. The van der Waals surface area contributed by atoms with Crippen molar-refractivity contribution in [3.8, 4) is 34.2 Å². The lowest BCUT2D eigenvalue weighted by Crippen LogP contribution is -2.13. The fraction of sp³-hybridized carbons (Fsp3) is 0.143. The molecule has 2 aromatic heterocycles. The van der Waals surface area contributed by atoms with Crippen LogP contribution in [-0.2, 0) is 4.79 Å². The Bertz CT molecular complexity index is 1370. The highest BCUT2D eigenvalue weighted by Crippen LogP contribution is 2.35. The third-order valence-corrected chi connectivity index (χ3v) is 6.30. The SMILES string of the molecule is COc1ccc(-c2cc(-c3ccccc3)nc(SCCC(=O)Nc3cc(C)ccn3)c2C#N)cc1. The molecule has 174 valence electrons. The highest BCUT2D eigenvalue weighted by Gasteiger charge is 2.16. The second-order valence-electron chi connectivity index (χ2n) is 7.81. The van der Waals surface area contributed by atoms with Crippen molar-refractivity contribution in [1.29, 1.82) is 5.26 Å². The summed E-state index contributed by atoms with van der Waals surface area (Å²) in [5.74, 6) is 1.61. The number of hydrogen-bond donors (Lipinski definition) is 1. The molecule has 0 aliphatic heterocycles. The van der Waals surface area contributed by atoms with Gasteiger partial charge in [-0.1, -0.05) is 42.5 Å². The summed E-state index contributed by atoms with van der Waals surface area (Å²) in [5.41, 5.74) is 4.92. The zero-order chi connectivity index (χ0) is 24.6. The van der Waals surface area contributed by atoms with Crippen molar-refractivity contribution in [3.63, 3.8) is 0 Å². The van der Waals surface area contributed by atoms with Gasteiger partial charge in [0.15, 0.2) is 0 Å². The topological polar surface area (TPSA) is 87.9 Å². The molecular weight excluding hydrogens is 456 g/mol. The number of carbonyl (C=O) groups is 1. The van der Waals surface area contributed by atoms with Crippen molar-refractivity contribution in [3.05, 3.63) is 90.1 Å². The van der Waals surface area contributed by atoms with E-state index in [0.29, 0.717) is 22.2 Å². The van der Waals surface area contributed by atoms with Gasteiger partial charge in [0.05, 0.1) is 18.4 Å². The fourth-order valence-corrected chi connectivity index (χ4v) is 4.48. The predicted octanol–water partition coefficient (Wildman–Crippen LogP) is 6.12. The van der Waals surface area contributed by atoms with Crippen LogP contribution >= 0.6 is 11.8 Å². The van der Waals surface area contributed by atoms with E-state index in [1.807, 2.05) is 79.7 Å². The van der Waals surface area contributed by atoms with Gasteiger partial charge in [-0.3, -0.25) is 4.79 Å². The van der Waals surface area contributed by atoms with Gasteiger partial charge in [-0.05, 0) is 48.4 Å². The third-order valence-electron chi connectivity index (χ3n) is 5.32. The second kappa shape index (κ2) is 11.3. The maximum absolute atomic E-state index is 12.4. The molecule has 0 aliphatic rings. The summed E-state index contributed by atoms with van der Waals surface area (Å²) in [6, 6.07) is 25.4. The zero-order valence-corrected chi connectivity index (χ0v) is 20.3. The molecule has 2 heterocycles. The molecule has 2 aromatic carbocycles. The molecule has 0 unspecified atom stereocenters. The molecule has 0 fully saturated rings. The van der Waals surface area contributed by atoms with Crippen LogP contribution < -0.4 is 10.1 Å². The fourth-order valence-electron chi connectivity index (χ4n) is 3.54. The molecule has 0 aliphatic carbocycles. The Labute approximate surface area is 209 Å². The van der Waals surface area contributed by atoms with E-state index < -0.39 is 0 Å². The van der Waals surface area contributed by atoms with Crippen LogP contribution in [0.15, 0.2) is 84.0 Å². The van der Waals surface area contributed by atoms with Gasteiger partial charge >= 0.3 is 0 Å². The lowest BCUT2D eigenvalue weighted by molar-refractivity contribution is -0.115. The molecule has 0 atom stereocenters. The summed E-state index contributed by atoms with van der Waals surface area (Å²) in [5, 5.41) is 13.5. The Morgan fingerprint density at radius 3 is 2.51 bits per heavy atom. The van der Waals surface area contributed by atoms with E-state index in [-0.39, 0.29) is 12.3 Å². The Kier molecular flexibility index (Phi) is 7.76. The molecule has 4 aromatic rings. The molecule has 0 saturated heterocycles. The smallest absolute Gasteiger partial charge is 0.226 e. The number of ether oxygens (including phenoxy) is 1. The number of hydrogen-bond acceptors (Lipinski definition) is 6. The second-order valence-corrected chi connectivity index (χ2v) is 8.89. The average Bonchev–Trinajstić information content (AvgIpc) is 2.89. The van der Waals surface area contributed by atoms with Gasteiger partial charge in [-0.15, -0.1) is 11.8 Å². The van der Waals surface area contributed by atoms with Gasteiger partial charge in [0.1, 0.15) is 22.7 Å². The minimum Gasteiger partial charge on any atom is -0.497 e. The molecule has 0 bridgehead atoms. The quantitative estimate of drug-likeness (QED) is 0.306. The van der Waals surface area contributed by atoms with Crippen molar-refractivity contribution in [1.82, 2.24) is 9.97 Å². The van der Waals surface area contributed by atoms with Crippen molar-refractivity contribution in [2.24, 2.45) is 0 Å². The number of thioether (sulfide) groups is 1. The minimum absolute atomic E-state index is 0.135. The molecule has 0 spiro atoms. The summed E-state index contributed by atoms with van der Waals surface area (Å²) in [4.78, 5) is 21.4. The van der Waals surface area contributed by atoms with Gasteiger partial charge in [0.2, 0.25) is 5.91 Å². The molecule has 35 heavy (non-hydrogen) atoms. The van der Waals surface area contributed by atoms with Gasteiger partial charge in [-0.25, -0.2) is 9.97 Å². The van der Waals surface area contributed by atoms with Gasteiger partial charge in [0, 0.05) is 29.5 Å². The van der Waals surface area contributed by atoms with Crippen LogP contribution in [-0.4, -0.2) is 28.7 Å². The Morgan fingerprint density at radius 2 is 1.83 bits per heavy atom. The first kappa shape index (κ1) is 24.0. The molecular formula is C28H24N4O2S. The maximum Gasteiger partial charge on any atom is 0.226 e. The van der Waals surface area contributed by atoms with Gasteiger partial charge in [-0.2, -0.15) is 5.26 Å². The number of nitriles is 1. The highest BCUT2D eigenvalue weighted by molar-refractivity contribution is 7.99. The number of aryl methyl sites for hydroxylation is 1. The van der Waals surface area contributed by atoms with E-state index in [9.17, 15) is 10.1 Å². The molecule has 0 saturated carbocycles. The molecule has 1 N–H and O–H groups in total. The van der Waals surface area contributed by atoms with Crippen LogP contribution in [0, 0.1) is 18.3 Å². The Balaban J connectivity index is 1.60. The number of nitrogens with one attached hydrogen (secondary N) is 1. The van der Waals surface area contributed by atoms with Crippen LogP contribution in [0.1, 0.15) is 17.5 Å². The first-order valence-corrected chi connectivity index (χ1v) is 12.1. The van der Waals surface area contributed by atoms with E-state index in [4.69, 9.17) is 9.72 Å². The number of benzene rings is 2. The summed E-state index contributed by atoms with van der Waals surface area (Å²) in [6.45, 7) is 1.95. The Morgan fingerprint density at radius 1 is 1.06 bits per heavy atom. The van der Waals surface area contributed by atoms with Crippen LogP contribution in [0.5, 0.6) is 5.75 Å². The third kappa shape index (κ3) is 6.05. The van der Waals surface area contributed by atoms with E-state index >= 15 is 0 Å². The monoisotopic (exact) mass is 480 g/mol. The van der Waals surface area contributed by atoms with Crippen LogP contribution in [0.2, 0.25) is 0 Å². The standard InChI is InChI=1S/C28H24N4O2S/c1-19-12-14-30-26(16-19)32-27(33)13-15-35-28-24(18-29)23(20-8-10-22(34-2)11-9-20)17-25(31-28)21-6-4-3-5-7-21/h3-12,14,16-17H,13,15H2,1-2H3,(H,30,32,33). The predicted molar refractivity (Wildman–Crippen MR) is 139 cm³/mol. The highest BCUT2D eigenvalue weighted by atomic mass is 32.2. The number of methoxy groups -OCH3 is 1. The summed E-state index contributed by atoms with van der Waals surface area (Å²) < 4.78 is 5.28. The lowest BCUT2D eigenvalue weighted by Gasteiger charge is -2.13. The first-order valence-electron chi connectivity index (χ1n) is 11.1. The van der Waals surface area contributed by atoms with E-state index in [1.165, 1.54) is 11.8 Å². The number of nitrogens with zero attached hydrogens (tertiary/aromatic N) is 3. The summed E-state index contributed by atoms with van der Waals surface area (Å²) in [7, 11) is 1.62. The van der Waals surface area contributed by atoms with E-state index in [1.54, 1.807) is 13.3 Å². The van der Waals surface area contributed by atoms with E-state index in [2.05, 4.69) is 16.4 Å². The molecule has 7 heteroatoms. The zero-order valence-electron chi connectivity index (χ0n) is 19.5. The molecule has 4 rings (SSSR count). The van der Waals surface area contributed by atoms with Gasteiger partial charge in [0.25, 0.3) is 0 Å². The molecule has 0 radical (unpaired) electrons. The molecule has 6 nitrogen and oxygen atoms in total. The van der Waals surface area contributed by atoms with E-state index in [0.717, 1.165) is 33.7 Å². The van der Waals surface area contributed by atoms with Crippen LogP contribution in [0.25, 0.3) is 22.4 Å². The van der Waals surface area contributed by atoms with Crippen LogP contribution in [0.4, 0.5) is 5.82 Å². The molecule has 1 amide bonds. The number of aromatic nitrogens is 2. The Hall–Kier alpha value is -4.15. The normalized spacial score (nSPS) is 10.4. The number of amides is 1. The number of anilines is 1. The van der Waals surface area contributed by atoms with Gasteiger partial charge < -0.3 is 10.1 Å². The van der Waals surface area contributed by atoms with Crippen LogP contribution in [0.3, 0.4) is 0 Å². The first-order chi connectivity index (χ1) is 17.1. The van der Waals surface area contributed by atoms with Crippen molar-refractivity contribution in [2.45, 2.75) is 18.4 Å². The average molecular weight is 481 g/mol. The number of pyridine rings is 2. The van der Waals surface area contributed by atoms with Crippen molar-refractivity contribution >= 4 is 23.5 Å². The number of rotatable bonds is 8. The maximum atomic E-state index is 12.4. The summed E-state index contributed by atoms with van der Waals surface area (Å²) >= 11 is 1.40. The van der Waals surface area contributed by atoms with Crippen molar-refractivity contribution < 1.29 is 9.53 Å². The van der Waals surface area contributed by atoms with Crippen molar-refractivity contribution in [2.75, 3.05) is 18.2 Å².